The van der Waals surface area contributed by atoms with E-state index in [9.17, 15) is 9.59 Å². The number of aromatic amines is 1. The summed E-state index contributed by atoms with van der Waals surface area (Å²) in [6, 6.07) is 9.62. The van der Waals surface area contributed by atoms with E-state index < -0.39 is 0 Å². The molecule has 30 heavy (non-hydrogen) atoms. The van der Waals surface area contributed by atoms with Crippen molar-refractivity contribution < 1.29 is 4.79 Å². The Morgan fingerprint density at radius 3 is 2.73 bits per heavy atom. The van der Waals surface area contributed by atoms with Crippen LogP contribution in [-0.2, 0) is 11.2 Å². The lowest BCUT2D eigenvalue weighted by atomic mass is 9.75. The minimum atomic E-state index is -0.215. The van der Waals surface area contributed by atoms with Gasteiger partial charge >= 0.3 is 0 Å². The number of piperidine rings is 1. The van der Waals surface area contributed by atoms with Crippen LogP contribution < -0.4 is 5.56 Å². The fraction of sp³-hybridized carbons (Fsp3) is 0.478. The number of H-pyrrole nitrogens is 1. The molecule has 3 aromatic rings. The molecular weight excluding hydrogens is 378 g/mol. The summed E-state index contributed by atoms with van der Waals surface area (Å²) in [6.07, 6.45) is 8.68. The molecule has 2 aliphatic rings. The fourth-order valence-electron chi connectivity index (χ4n) is 5.05. The van der Waals surface area contributed by atoms with Crippen molar-refractivity contribution in [3.05, 3.63) is 52.7 Å². The van der Waals surface area contributed by atoms with Crippen LogP contribution in [0.1, 0.15) is 44.3 Å². The van der Waals surface area contributed by atoms with E-state index in [1.54, 1.807) is 4.68 Å². The Bertz CT molecular complexity index is 1100. The second kappa shape index (κ2) is 8.05. The molecule has 5 rings (SSSR count). The second-order valence-corrected chi connectivity index (χ2v) is 8.57. The largest absolute Gasteiger partial charge is 0.342 e. The van der Waals surface area contributed by atoms with E-state index in [2.05, 4.69) is 15.1 Å². The van der Waals surface area contributed by atoms with Gasteiger partial charge in [-0.25, -0.2) is 9.67 Å². The molecule has 1 amide bonds. The van der Waals surface area contributed by atoms with Crippen LogP contribution in [0.25, 0.3) is 16.7 Å². The van der Waals surface area contributed by atoms with E-state index in [0.717, 1.165) is 31.1 Å². The molecule has 0 bridgehead atoms. The van der Waals surface area contributed by atoms with Crippen molar-refractivity contribution in [3.63, 3.8) is 0 Å². The molecule has 2 atom stereocenters. The molecule has 0 unspecified atom stereocenters. The SMILES string of the molecule is O=C(CCc1nc2c(cnn2-c2ccccc2)c(=O)[nH]1)N1CC[C@@H]2CCCC[C@H]2C1. The Morgan fingerprint density at radius 2 is 1.90 bits per heavy atom. The van der Waals surface area contributed by atoms with Crippen LogP contribution in [-0.4, -0.2) is 43.6 Å². The van der Waals surface area contributed by atoms with Crippen LogP contribution in [0.5, 0.6) is 0 Å². The number of likely N-dealkylation sites (tertiary alicyclic amines) is 1. The number of para-hydroxylation sites is 1. The van der Waals surface area contributed by atoms with Gasteiger partial charge in [0.1, 0.15) is 11.2 Å². The molecule has 7 heteroatoms. The van der Waals surface area contributed by atoms with Gasteiger partial charge in [-0.05, 0) is 36.8 Å². The topological polar surface area (TPSA) is 83.9 Å². The molecule has 7 nitrogen and oxygen atoms in total. The maximum absolute atomic E-state index is 12.8. The first kappa shape index (κ1) is 19.0. The van der Waals surface area contributed by atoms with E-state index in [4.69, 9.17) is 0 Å². The van der Waals surface area contributed by atoms with E-state index in [1.165, 1.54) is 31.9 Å². The van der Waals surface area contributed by atoms with Gasteiger partial charge in [-0.3, -0.25) is 9.59 Å². The highest BCUT2D eigenvalue weighted by molar-refractivity contribution is 5.77. The molecule has 1 aliphatic carbocycles. The smallest absolute Gasteiger partial charge is 0.262 e. The Kier molecular flexibility index (Phi) is 5.11. The van der Waals surface area contributed by atoms with Gasteiger partial charge in [0.15, 0.2) is 5.65 Å². The number of carbonyl (C=O) groups excluding carboxylic acids is 1. The number of amides is 1. The van der Waals surface area contributed by atoms with Crippen LogP contribution in [0, 0.1) is 11.8 Å². The summed E-state index contributed by atoms with van der Waals surface area (Å²) >= 11 is 0. The summed E-state index contributed by atoms with van der Waals surface area (Å²) in [5.74, 6) is 2.18. The van der Waals surface area contributed by atoms with Crippen molar-refractivity contribution in [3.8, 4) is 5.69 Å². The quantitative estimate of drug-likeness (QED) is 0.723. The van der Waals surface area contributed by atoms with E-state index in [1.807, 2.05) is 35.2 Å². The van der Waals surface area contributed by atoms with Crippen LogP contribution in [0.3, 0.4) is 0 Å². The monoisotopic (exact) mass is 405 g/mol. The minimum Gasteiger partial charge on any atom is -0.342 e. The highest BCUT2D eigenvalue weighted by atomic mass is 16.2. The first-order valence-electron chi connectivity index (χ1n) is 11.0. The Labute approximate surface area is 175 Å². The molecular formula is C23H27N5O2. The van der Waals surface area contributed by atoms with Crippen molar-refractivity contribution in [1.82, 2.24) is 24.6 Å². The predicted molar refractivity (Wildman–Crippen MR) is 114 cm³/mol. The fourth-order valence-corrected chi connectivity index (χ4v) is 5.05. The third-order valence-electron chi connectivity index (χ3n) is 6.71. The molecule has 1 N–H and O–H groups in total. The molecule has 1 saturated carbocycles. The van der Waals surface area contributed by atoms with Crippen LogP contribution in [0.4, 0.5) is 0 Å². The van der Waals surface area contributed by atoms with Crippen LogP contribution in [0.15, 0.2) is 41.3 Å². The molecule has 3 heterocycles. The molecule has 2 aromatic heterocycles. The van der Waals surface area contributed by atoms with Crippen LogP contribution in [0.2, 0.25) is 0 Å². The first-order valence-corrected chi connectivity index (χ1v) is 11.0. The molecule has 2 fully saturated rings. The summed E-state index contributed by atoms with van der Waals surface area (Å²) in [6.45, 7) is 1.76. The zero-order valence-corrected chi connectivity index (χ0v) is 17.1. The number of hydrogen-bond acceptors (Lipinski definition) is 4. The number of aromatic nitrogens is 4. The summed E-state index contributed by atoms with van der Waals surface area (Å²) in [4.78, 5) is 34.8. The zero-order valence-electron chi connectivity index (χ0n) is 17.1. The average molecular weight is 406 g/mol. The average Bonchev–Trinajstić information content (AvgIpc) is 3.22. The van der Waals surface area contributed by atoms with Crippen molar-refractivity contribution in [2.75, 3.05) is 13.1 Å². The summed E-state index contributed by atoms with van der Waals surface area (Å²) in [5.41, 5.74) is 1.16. The van der Waals surface area contributed by atoms with E-state index >= 15 is 0 Å². The summed E-state index contributed by atoms with van der Waals surface area (Å²) in [7, 11) is 0. The molecule has 156 valence electrons. The molecule has 0 spiro atoms. The van der Waals surface area contributed by atoms with Gasteiger partial charge in [0.05, 0.1) is 11.9 Å². The number of rotatable bonds is 4. The predicted octanol–water partition coefficient (Wildman–Crippen LogP) is 3.08. The van der Waals surface area contributed by atoms with E-state index in [0.29, 0.717) is 35.6 Å². The molecule has 1 aromatic carbocycles. The second-order valence-electron chi connectivity index (χ2n) is 8.57. The third-order valence-corrected chi connectivity index (χ3v) is 6.71. The van der Waals surface area contributed by atoms with Crippen molar-refractivity contribution in [1.29, 1.82) is 0 Å². The Hall–Kier alpha value is -2.96. The Balaban J connectivity index is 1.31. The number of carbonyl (C=O) groups is 1. The molecule has 1 aliphatic heterocycles. The molecule has 1 saturated heterocycles. The summed E-state index contributed by atoms with van der Waals surface area (Å²) < 4.78 is 1.67. The van der Waals surface area contributed by atoms with Gasteiger partial charge in [0.2, 0.25) is 5.91 Å². The standard InChI is InChI=1S/C23H27N5O2/c29-21(27-13-12-16-6-4-5-7-17(16)15-27)11-10-20-25-22-19(23(30)26-20)14-24-28(22)18-8-2-1-3-9-18/h1-3,8-9,14,16-17H,4-7,10-13,15H2,(H,25,26,30)/t16-,17-/m0/s1. The normalized spacial score (nSPS) is 21.5. The lowest BCUT2D eigenvalue weighted by Crippen LogP contribution is -2.44. The number of fused-ring (bicyclic) bond motifs is 2. The van der Waals surface area contributed by atoms with Crippen LogP contribution >= 0.6 is 0 Å². The number of aryl methyl sites for hydroxylation is 1. The van der Waals surface area contributed by atoms with Crippen molar-refractivity contribution >= 4 is 16.9 Å². The van der Waals surface area contributed by atoms with Crippen molar-refractivity contribution in [2.45, 2.75) is 44.9 Å². The minimum absolute atomic E-state index is 0.165. The number of nitrogens with zero attached hydrogens (tertiary/aromatic N) is 4. The van der Waals surface area contributed by atoms with Gasteiger partial charge in [0.25, 0.3) is 5.56 Å². The Morgan fingerprint density at radius 1 is 1.10 bits per heavy atom. The van der Waals surface area contributed by atoms with E-state index in [-0.39, 0.29) is 11.5 Å². The maximum Gasteiger partial charge on any atom is 0.262 e. The van der Waals surface area contributed by atoms with Crippen molar-refractivity contribution in [2.24, 2.45) is 11.8 Å². The lowest BCUT2D eigenvalue weighted by Gasteiger charge is -2.41. The van der Waals surface area contributed by atoms with Gasteiger partial charge in [-0.15, -0.1) is 0 Å². The van der Waals surface area contributed by atoms with Gasteiger partial charge < -0.3 is 9.88 Å². The number of nitrogens with one attached hydrogen (secondary N) is 1. The van der Waals surface area contributed by atoms with Gasteiger partial charge in [0, 0.05) is 25.9 Å². The van der Waals surface area contributed by atoms with Gasteiger partial charge in [-0.1, -0.05) is 37.5 Å². The maximum atomic E-state index is 12.8. The summed E-state index contributed by atoms with van der Waals surface area (Å²) in [5, 5.41) is 4.79. The highest BCUT2D eigenvalue weighted by Gasteiger charge is 2.32. The third kappa shape index (κ3) is 3.64. The highest BCUT2D eigenvalue weighted by Crippen LogP contribution is 2.36. The van der Waals surface area contributed by atoms with Gasteiger partial charge in [-0.2, -0.15) is 5.10 Å². The zero-order chi connectivity index (χ0) is 20.5. The first-order chi connectivity index (χ1) is 14.7. The molecule has 0 radical (unpaired) electrons. The number of benzene rings is 1. The lowest BCUT2D eigenvalue weighted by molar-refractivity contribution is -0.134. The number of hydrogen-bond donors (Lipinski definition) is 1.